The van der Waals surface area contributed by atoms with Crippen LogP contribution in [0.1, 0.15) is 35.4 Å². The van der Waals surface area contributed by atoms with Crippen molar-refractivity contribution in [1.29, 1.82) is 0 Å². The molecule has 0 spiro atoms. The van der Waals surface area contributed by atoms with E-state index in [0.29, 0.717) is 12.8 Å². The van der Waals surface area contributed by atoms with Crippen LogP contribution in [0.25, 0.3) is 0 Å². The molecular weight excluding hydrogens is 386 g/mol. The summed E-state index contributed by atoms with van der Waals surface area (Å²) in [5.41, 5.74) is 3.02. The summed E-state index contributed by atoms with van der Waals surface area (Å²) >= 11 is 0. The first kappa shape index (κ1) is 20.6. The minimum absolute atomic E-state index is 0.102. The largest absolute Gasteiger partial charge is 0.509 e. The predicted octanol–water partition coefficient (Wildman–Crippen LogP) is 4.72. The van der Waals surface area contributed by atoms with Gasteiger partial charge in [0.2, 0.25) is 0 Å². The SMILES string of the molecule is O=C(CC(c1ccccc1)c1ccccc1)C1=C(O)C(CCc2ccccc2)NC1=O. The van der Waals surface area contributed by atoms with Crippen LogP contribution in [-0.2, 0) is 16.0 Å². The molecule has 1 heterocycles. The number of hydrogen-bond acceptors (Lipinski definition) is 3. The van der Waals surface area contributed by atoms with Crippen molar-refractivity contribution in [2.45, 2.75) is 31.2 Å². The molecule has 0 radical (unpaired) electrons. The van der Waals surface area contributed by atoms with Crippen molar-refractivity contribution in [3.63, 3.8) is 0 Å². The summed E-state index contributed by atoms with van der Waals surface area (Å²) in [5, 5.41) is 13.5. The van der Waals surface area contributed by atoms with Crippen molar-refractivity contribution in [3.8, 4) is 0 Å². The van der Waals surface area contributed by atoms with E-state index < -0.39 is 11.9 Å². The molecule has 3 aromatic rings. The smallest absolute Gasteiger partial charge is 0.259 e. The summed E-state index contributed by atoms with van der Waals surface area (Å²) in [5.74, 6) is -1.15. The van der Waals surface area contributed by atoms with Gasteiger partial charge in [0.25, 0.3) is 5.91 Å². The van der Waals surface area contributed by atoms with E-state index in [1.165, 1.54) is 0 Å². The number of amides is 1. The van der Waals surface area contributed by atoms with Crippen LogP contribution < -0.4 is 5.32 Å². The van der Waals surface area contributed by atoms with Gasteiger partial charge < -0.3 is 10.4 Å². The van der Waals surface area contributed by atoms with Crippen LogP contribution in [0.4, 0.5) is 0 Å². The van der Waals surface area contributed by atoms with Gasteiger partial charge >= 0.3 is 0 Å². The van der Waals surface area contributed by atoms with Gasteiger partial charge in [-0.2, -0.15) is 0 Å². The normalized spacial score (nSPS) is 15.9. The van der Waals surface area contributed by atoms with Gasteiger partial charge in [-0.25, -0.2) is 0 Å². The van der Waals surface area contributed by atoms with E-state index in [1.807, 2.05) is 91.0 Å². The first-order chi connectivity index (χ1) is 15.1. The standard InChI is InChI=1S/C27H25NO3/c29-24(18-22(20-12-6-2-7-13-20)21-14-8-3-9-15-21)25-26(30)23(28-27(25)31)17-16-19-10-4-1-5-11-19/h1-15,22-23,30H,16-18H2,(H,28,31). The fourth-order valence-corrected chi connectivity index (χ4v) is 4.11. The second kappa shape index (κ2) is 9.43. The van der Waals surface area contributed by atoms with E-state index in [-0.39, 0.29) is 29.5 Å². The van der Waals surface area contributed by atoms with E-state index in [4.69, 9.17) is 0 Å². The second-order valence-corrected chi connectivity index (χ2v) is 7.81. The third-order valence-electron chi connectivity index (χ3n) is 5.76. The molecule has 1 unspecified atom stereocenters. The number of aliphatic hydroxyl groups is 1. The van der Waals surface area contributed by atoms with Crippen LogP contribution in [0.5, 0.6) is 0 Å². The first-order valence-electron chi connectivity index (χ1n) is 10.5. The summed E-state index contributed by atoms with van der Waals surface area (Å²) in [6.45, 7) is 0. The summed E-state index contributed by atoms with van der Waals surface area (Å²) in [7, 11) is 0. The van der Waals surface area contributed by atoms with Crippen LogP contribution in [0, 0.1) is 0 Å². The molecule has 1 aliphatic heterocycles. The molecule has 1 amide bonds. The average Bonchev–Trinajstić information content (AvgIpc) is 3.10. The molecule has 31 heavy (non-hydrogen) atoms. The summed E-state index contributed by atoms with van der Waals surface area (Å²) in [6.07, 6.45) is 1.36. The number of nitrogens with one attached hydrogen (secondary N) is 1. The highest BCUT2D eigenvalue weighted by Crippen LogP contribution is 2.31. The highest BCUT2D eigenvalue weighted by atomic mass is 16.3. The van der Waals surface area contributed by atoms with E-state index in [9.17, 15) is 14.7 Å². The molecule has 0 fully saturated rings. The average molecular weight is 412 g/mol. The number of ketones is 1. The van der Waals surface area contributed by atoms with Gasteiger partial charge in [0.05, 0.1) is 6.04 Å². The minimum Gasteiger partial charge on any atom is -0.509 e. The molecule has 3 aromatic carbocycles. The Kier molecular flexibility index (Phi) is 6.27. The third kappa shape index (κ3) is 4.75. The summed E-state index contributed by atoms with van der Waals surface area (Å²) in [6, 6.07) is 28.9. The third-order valence-corrected chi connectivity index (χ3v) is 5.76. The molecule has 156 valence electrons. The maximum absolute atomic E-state index is 13.2. The van der Waals surface area contributed by atoms with Gasteiger partial charge in [0, 0.05) is 12.3 Å². The molecule has 0 aromatic heterocycles. The monoisotopic (exact) mass is 411 g/mol. The van der Waals surface area contributed by atoms with E-state index in [0.717, 1.165) is 16.7 Å². The second-order valence-electron chi connectivity index (χ2n) is 7.81. The number of aliphatic hydroxyl groups excluding tert-OH is 1. The molecule has 0 saturated heterocycles. The fraction of sp³-hybridized carbons (Fsp3) is 0.185. The lowest BCUT2D eigenvalue weighted by Crippen LogP contribution is -2.30. The Morgan fingerprint density at radius 1 is 0.839 bits per heavy atom. The van der Waals surface area contributed by atoms with Crippen LogP contribution in [0.15, 0.2) is 102 Å². The Balaban J connectivity index is 1.53. The number of Topliss-reactive ketones (excluding diaryl/α,β-unsaturated/α-hetero) is 1. The quantitative estimate of drug-likeness (QED) is 0.527. The molecule has 1 aliphatic rings. The molecule has 2 N–H and O–H groups in total. The molecule has 0 saturated carbocycles. The van der Waals surface area contributed by atoms with Crippen molar-refractivity contribution in [2.75, 3.05) is 0 Å². The Morgan fingerprint density at radius 3 is 1.90 bits per heavy atom. The van der Waals surface area contributed by atoms with Gasteiger partial charge in [0.15, 0.2) is 5.78 Å². The predicted molar refractivity (Wildman–Crippen MR) is 121 cm³/mol. The van der Waals surface area contributed by atoms with Crippen molar-refractivity contribution in [3.05, 3.63) is 119 Å². The highest BCUT2D eigenvalue weighted by molar-refractivity contribution is 6.21. The van der Waals surface area contributed by atoms with Crippen LogP contribution in [-0.4, -0.2) is 22.8 Å². The molecule has 0 aliphatic carbocycles. The topological polar surface area (TPSA) is 66.4 Å². The van der Waals surface area contributed by atoms with Crippen molar-refractivity contribution >= 4 is 11.7 Å². The Bertz CT molecular complexity index is 1040. The Labute approximate surface area is 182 Å². The lowest BCUT2D eigenvalue weighted by atomic mass is 9.85. The van der Waals surface area contributed by atoms with Gasteiger partial charge in [-0.1, -0.05) is 91.0 Å². The minimum atomic E-state index is -0.529. The van der Waals surface area contributed by atoms with E-state index in [2.05, 4.69) is 5.32 Å². The molecule has 0 bridgehead atoms. The zero-order valence-corrected chi connectivity index (χ0v) is 17.2. The molecule has 4 rings (SSSR count). The number of aryl methyl sites for hydroxylation is 1. The summed E-state index contributed by atoms with van der Waals surface area (Å²) in [4.78, 5) is 25.7. The van der Waals surface area contributed by atoms with Crippen molar-refractivity contribution in [2.24, 2.45) is 0 Å². The number of rotatable bonds is 8. The number of carbonyl (C=O) groups is 2. The lowest BCUT2D eigenvalue weighted by molar-refractivity contribution is -0.122. The zero-order chi connectivity index (χ0) is 21.6. The van der Waals surface area contributed by atoms with Crippen molar-refractivity contribution in [1.82, 2.24) is 5.32 Å². The maximum Gasteiger partial charge on any atom is 0.259 e. The van der Waals surface area contributed by atoms with E-state index >= 15 is 0 Å². The fourth-order valence-electron chi connectivity index (χ4n) is 4.11. The Hall–Kier alpha value is -3.66. The highest BCUT2D eigenvalue weighted by Gasteiger charge is 2.36. The van der Waals surface area contributed by atoms with Gasteiger partial charge in [-0.3, -0.25) is 9.59 Å². The molecular formula is C27H25NO3. The van der Waals surface area contributed by atoms with Crippen LogP contribution in [0.3, 0.4) is 0 Å². The number of hydrogen-bond donors (Lipinski definition) is 2. The molecule has 4 nitrogen and oxygen atoms in total. The first-order valence-corrected chi connectivity index (χ1v) is 10.5. The summed E-state index contributed by atoms with van der Waals surface area (Å²) < 4.78 is 0. The van der Waals surface area contributed by atoms with Crippen molar-refractivity contribution < 1.29 is 14.7 Å². The van der Waals surface area contributed by atoms with Crippen LogP contribution in [0.2, 0.25) is 0 Å². The van der Waals surface area contributed by atoms with Gasteiger partial charge in [-0.05, 0) is 29.5 Å². The molecule has 1 atom stereocenters. The number of benzene rings is 3. The maximum atomic E-state index is 13.2. The van der Waals surface area contributed by atoms with E-state index in [1.54, 1.807) is 0 Å². The Morgan fingerprint density at radius 2 is 1.35 bits per heavy atom. The molecule has 4 heteroatoms. The zero-order valence-electron chi connectivity index (χ0n) is 17.2. The lowest BCUT2D eigenvalue weighted by Gasteiger charge is -2.17. The van der Waals surface area contributed by atoms with Gasteiger partial charge in [-0.15, -0.1) is 0 Å². The number of carbonyl (C=O) groups excluding carboxylic acids is 2. The van der Waals surface area contributed by atoms with Crippen LogP contribution >= 0.6 is 0 Å². The van der Waals surface area contributed by atoms with Gasteiger partial charge in [0.1, 0.15) is 11.3 Å².